The molecule has 0 saturated heterocycles. The van der Waals surface area contributed by atoms with Crippen LogP contribution in [0.1, 0.15) is 25.8 Å². The van der Waals surface area contributed by atoms with Crippen molar-refractivity contribution in [2.45, 2.75) is 52.4 Å². The van der Waals surface area contributed by atoms with Crippen LogP contribution in [0.3, 0.4) is 0 Å². The minimum Gasteiger partial charge on any atom is -0.215 e. The van der Waals surface area contributed by atoms with Gasteiger partial charge in [0.25, 0.3) is 0 Å². The summed E-state index contributed by atoms with van der Waals surface area (Å²) in [6.45, 7) is 11.4. The minimum absolute atomic E-state index is 0.0396. The number of aryl methyl sites for hydroxylation is 1. The Balaban J connectivity index is 2.44. The Hall–Kier alpha value is -0.653. The minimum atomic E-state index is -3.15. The maximum absolute atomic E-state index is 12.1. The summed E-state index contributed by atoms with van der Waals surface area (Å²) in [6.07, 6.45) is 1.94. The van der Waals surface area contributed by atoms with Crippen LogP contribution in [0.25, 0.3) is 0 Å². The van der Waals surface area contributed by atoms with Gasteiger partial charge in [-0.1, -0.05) is 63.8 Å². The summed E-state index contributed by atoms with van der Waals surface area (Å²) in [5, 5.41) is 0. The van der Waals surface area contributed by atoms with Gasteiger partial charge in [0.05, 0.1) is 5.75 Å². The first-order chi connectivity index (χ1) is 9.99. The number of sulfonamides is 1. The predicted molar refractivity (Wildman–Crippen MR) is 98.5 cm³/mol. The Bertz CT molecular complexity index is 548. The SMILES string of the molecule is CC(C)(CCc1ccccc1)CNS(=O)(=O)CC[Si](C)(C)C. The van der Waals surface area contributed by atoms with E-state index in [1.807, 2.05) is 18.2 Å². The smallest absolute Gasteiger partial charge is 0.211 e. The second-order valence-corrected chi connectivity index (χ2v) is 15.6. The van der Waals surface area contributed by atoms with E-state index in [2.05, 4.69) is 50.3 Å². The highest BCUT2D eigenvalue weighted by Gasteiger charge is 2.23. The molecule has 0 spiro atoms. The number of hydrogen-bond donors (Lipinski definition) is 1. The Morgan fingerprint density at radius 2 is 1.68 bits per heavy atom. The molecule has 0 aliphatic rings. The third-order valence-corrected chi connectivity index (χ3v) is 7.26. The average molecular weight is 342 g/mol. The van der Waals surface area contributed by atoms with Crippen molar-refractivity contribution in [1.29, 1.82) is 0 Å². The van der Waals surface area contributed by atoms with E-state index in [0.29, 0.717) is 6.54 Å². The molecule has 0 aromatic heterocycles. The largest absolute Gasteiger partial charge is 0.215 e. The van der Waals surface area contributed by atoms with Gasteiger partial charge in [0.2, 0.25) is 10.0 Å². The number of rotatable bonds is 9. The monoisotopic (exact) mass is 341 g/mol. The quantitative estimate of drug-likeness (QED) is 0.692. The van der Waals surface area contributed by atoms with Crippen molar-refractivity contribution in [2.75, 3.05) is 12.3 Å². The van der Waals surface area contributed by atoms with E-state index in [1.54, 1.807) is 0 Å². The number of hydrogen-bond acceptors (Lipinski definition) is 2. The zero-order valence-electron chi connectivity index (χ0n) is 14.6. The van der Waals surface area contributed by atoms with E-state index in [0.717, 1.165) is 18.9 Å². The van der Waals surface area contributed by atoms with E-state index >= 15 is 0 Å². The van der Waals surface area contributed by atoms with Gasteiger partial charge in [-0.25, -0.2) is 13.1 Å². The molecule has 0 aliphatic heterocycles. The third kappa shape index (κ3) is 8.71. The van der Waals surface area contributed by atoms with Crippen LogP contribution in [-0.2, 0) is 16.4 Å². The van der Waals surface area contributed by atoms with Gasteiger partial charge in [-0.2, -0.15) is 0 Å². The fourth-order valence-corrected chi connectivity index (χ4v) is 6.31. The molecule has 0 unspecified atom stereocenters. The zero-order valence-corrected chi connectivity index (χ0v) is 16.5. The van der Waals surface area contributed by atoms with Crippen molar-refractivity contribution in [3.63, 3.8) is 0 Å². The van der Waals surface area contributed by atoms with Crippen LogP contribution in [0.5, 0.6) is 0 Å². The van der Waals surface area contributed by atoms with E-state index in [1.165, 1.54) is 5.56 Å². The molecule has 0 saturated carbocycles. The zero-order chi connectivity index (χ0) is 16.9. The van der Waals surface area contributed by atoms with Crippen LogP contribution in [0.4, 0.5) is 0 Å². The van der Waals surface area contributed by atoms with Crippen molar-refractivity contribution >= 4 is 18.1 Å². The summed E-state index contributed by atoms with van der Waals surface area (Å²) < 4.78 is 27.0. The van der Waals surface area contributed by atoms with Crippen LogP contribution in [0, 0.1) is 5.41 Å². The molecule has 0 atom stereocenters. The van der Waals surface area contributed by atoms with Gasteiger partial charge >= 0.3 is 0 Å². The number of nitrogens with one attached hydrogen (secondary N) is 1. The van der Waals surface area contributed by atoms with Crippen LogP contribution in [0.15, 0.2) is 30.3 Å². The van der Waals surface area contributed by atoms with Gasteiger partial charge in [-0.15, -0.1) is 0 Å². The molecule has 126 valence electrons. The van der Waals surface area contributed by atoms with E-state index in [9.17, 15) is 8.42 Å². The summed E-state index contributed by atoms with van der Waals surface area (Å²) in [5.74, 6) is 0.261. The highest BCUT2D eigenvalue weighted by Crippen LogP contribution is 2.22. The number of benzene rings is 1. The van der Waals surface area contributed by atoms with Crippen molar-refractivity contribution in [2.24, 2.45) is 5.41 Å². The molecule has 1 rings (SSSR count). The molecule has 3 nitrogen and oxygen atoms in total. The second-order valence-electron chi connectivity index (χ2n) is 8.10. The molecular formula is C17H31NO2SSi. The Labute approximate surface area is 137 Å². The van der Waals surface area contributed by atoms with Crippen LogP contribution in [0.2, 0.25) is 25.7 Å². The fourth-order valence-electron chi connectivity index (χ4n) is 2.03. The second kappa shape index (κ2) is 7.75. The lowest BCUT2D eigenvalue weighted by Gasteiger charge is -2.25. The first kappa shape index (κ1) is 19.4. The molecule has 0 amide bonds. The summed E-state index contributed by atoms with van der Waals surface area (Å²) in [7, 11) is -4.47. The average Bonchev–Trinajstić information content (AvgIpc) is 2.42. The van der Waals surface area contributed by atoms with E-state index in [4.69, 9.17) is 0 Å². The van der Waals surface area contributed by atoms with Crippen molar-refractivity contribution in [3.05, 3.63) is 35.9 Å². The molecule has 0 fully saturated rings. The molecule has 0 bridgehead atoms. The first-order valence-electron chi connectivity index (χ1n) is 8.00. The summed E-state index contributed by atoms with van der Waals surface area (Å²) >= 11 is 0. The third-order valence-electron chi connectivity index (χ3n) is 3.82. The highest BCUT2D eigenvalue weighted by atomic mass is 32.2. The van der Waals surface area contributed by atoms with Gasteiger partial charge in [0.15, 0.2) is 0 Å². The molecule has 0 heterocycles. The van der Waals surface area contributed by atoms with E-state index in [-0.39, 0.29) is 11.2 Å². The summed E-state index contributed by atoms with van der Waals surface area (Å²) in [6, 6.07) is 11.2. The fraction of sp³-hybridized carbons (Fsp3) is 0.647. The maximum Gasteiger partial charge on any atom is 0.211 e. The molecule has 5 heteroatoms. The van der Waals surface area contributed by atoms with Crippen LogP contribution < -0.4 is 4.72 Å². The van der Waals surface area contributed by atoms with Gasteiger partial charge in [-0.05, 0) is 29.9 Å². The van der Waals surface area contributed by atoms with Crippen LogP contribution >= 0.6 is 0 Å². The lowest BCUT2D eigenvalue weighted by atomic mass is 9.86. The van der Waals surface area contributed by atoms with E-state index < -0.39 is 18.1 Å². The van der Waals surface area contributed by atoms with Gasteiger partial charge in [-0.3, -0.25) is 0 Å². The van der Waals surface area contributed by atoms with Crippen LogP contribution in [-0.4, -0.2) is 28.8 Å². The standard InChI is InChI=1S/C17H31NO2SSi/c1-17(2,12-11-16-9-7-6-8-10-16)15-18-21(19,20)13-14-22(3,4)5/h6-10,18H,11-15H2,1-5H3. The molecule has 1 aromatic carbocycles. The Morgan fingerprint density at radius 3 is 2.23 bits per heavy atom. The van der Waals surface area contributed by atoms with Crippen molar-refractivity contribution < 1.29 is 8.42 Å². The lowest BCUT2D eigenvalue weighted by molar-refractivity contribution is 0.334. The van der Waals surface area contributed by atoms with Crippen molar-refractivity contribution in [3.8, 4) is 0 Å². The predicted octanol–water partition coefficient (Wildman–Crippen LogP) is 3.90. The molecule has 1 aromatic rings. The Morgan fingerprint density at radius 1 is 1.09 bits per heavy atom. The molecule has 0 radical (unpaired) electrons. The summed E-state index contributed by atoms with van der Waals surface area (Å²) in [5.41, 5.74) is 1.26. The molecule has 1 N–H and O–H groups in total. The van der Waals surface area contributed by atoms with Crippen molar-refractivity contribution in [1.82, 2.24) is 4.72 Å². The van der Waals surface area contributed by atoms with Gasteiger partial charge < -0.3 is 0 Å². The summed E-state index contributed by atoms with van der Waals surface area (Å²) in [4.78, 5) is 0. The molecule has 0 aliphatic carbocycles. The molecular weight excluding hydrogens is 310 g/mol. The highest BCUT2D eigenvalue weighted by molar-refractivity contribution is 7.89. The molecule has 22 heavy (non-hydrogen) atoms. The van der Waals surface area contributed by atoms with Gasteiger partial charge in [0.1, 0.15) is 0 Å². The Kier molecular flexibility index (Phi) is 6.83. The normalized spacial score (nSPS) is 13.3. The lowest BCUT2D eigenvalue weighted by Crippen LogP contribution is -2.37. The maximum atomic E-state index is 12.1. The van der Waals surface area contributed by atoms with Gasteiger partial charge in [0, 0.05) is 14.6 Å². The first-order valence-corrected chi connectivity index (χ1v) is 13.4. The topological polar surface area (TPSA) is 46.2 Å².